The van der Waals surface area contributed by atoms with Crippen molar-refractivity contribution >= 4 is 15.9 Å². The lowest BCUT2D eigenvalue weighted by atomic mass is 9.91. The smallest absolute Gasteiger partial charge is 0.146 e. The minimum atomic E-state index is -1.09. The molecule has 0 spiro atoms. The average Bonchev–Trinajstić information content (AvgIpc) is 2.26. The summed E-state index contributed by atoms with van der Waals surface area (Å²) in [6, 6.07) is 2.46. The summed E-state index contributed by atoms with van der Waals surface area (Å²) < 4.78 is 27.4. The highest BCUT2D eigenvalue weighted by atomic mass is 79.9. The van der Waals surface area contributed by atoms with E-state index < -0.39 is 17.7 Å². The van der Waals surface area contributed by atoms with Crippen molar-refractivity contribution < 1.29 is 13.9 Å². The van der Waals surface area contributed by atoms with Crippen molar-refractivity contribution in [3.63, 3.8) is 0 Å². The van der Waals surface area contributed by atoms with Gasteiger partial charge in [0, 0.05) is 0 Å². The number of benzene rings is 1. The summed E-state index contributed by atoms with van der Waals surface area (Å²) in [4.78, 5) is 0. The Hall–Kier alpha value is -0.480. The van der Waals surface area contributed by atoms with Crippen LogP contribution in [0.3, 0.4) is 0 Å². The maximum Gasteiger partial charge on any atom is 0.146 e. The van der Waals surface area contributed by atoms with Crippen molar-refractivity contribution in [2.24, 2.45) is 5.92 Å². The van der Waals surface area contributed by atoms with Crippen molar-refractivity contribution in [2.75, 3.05) is 0 Å². The number of hydrogen-bond acceptors (Lipinski definition) is 1. The highest BCUT2D eigenvalue weighted by Crippen LogP contribution is 2.33. The lowest BCUT2D eigenvalue weighted by Gasteiger charge is -2.21. The third-order valence-electron chi connectivity index (χ3n) is 2.87. The molecule has 4 heteroatoms. The Labute approximate surface area is 103 Å². The van der Waals surface area contributed by atoms with E-state index in [0.29, 0.717) is 12.8 Å². The van der Waals surface area contributed by atoms with Gasteiger partial charge in [-0.15, -0.1) is 0 Å². The highest BCUT2D eigenvalue weighted by Gasteiger charge is 2.25. The molecule has 1 unspecified atom stereocenters. The summed E-state index contributed by atoms with van der Waals surface area (Å²) in [6.07, 6.45) is 0.277. The minimum absolute atomic E-state index is 0.127. The SMILES string of the molecule is CCC(CC)C(O)c1c(F)ccc(Br)c1F. The van der Waals surface area contributed by atoms with E-state index in [-0.39, 0.29) is 16.0 Å². The molecule has 1 N–H and O–H groups in total. The predicted octanol–water partition coefficient (Wildman–Crippen LogP) is 4.20. The first kappa shape index (κ1) is 13.6. The molecule has 0 radical (unpaired) electrons. The summed E-state index contributed by atoms with van der Waals surface area (Å²) >= 11 is 2.99. The van der Waals surface area contributed by atoms with E-state index in [9.17, 15) is 13.9 Å². The van der Waals surface area contributed by atoms with E-state index in [2.05, 4.69) is 15.9 Å². The first-order chi connectivity index (χ1) is 7.52. The quantitative estimate of drug-likeness (QED) is 0.825. The van der Waals surface area contributed by atoms with Crippen molar-refractivity contribution in [1.29, 1.82) is 0 Å². The maximum atomic E-state index is 13.7. The van der Waals surface area contributed by atoms with Gasteiger partial charge < -0.3 is 5.11 Å². The summed E-state index contributed by atoms with van der Waals surface area (Å²) in [7, 11) is 0. The second-order valence-electron chi connectivity index (χ2n) is 3.78. The molecule has 0 bridgehead atoms. The molecule has 1 aromatic carbocycles. The minimum Gasteiger partial charge on any atom is -0.388 e. The van der Waals surface area contributed by atoms with Crippen LogP contribution in [0.2, 0.25) is 0 Å². The second-order valence-corrected chi connectivity index (χ2v) is 4.63. The van der Waals surface area contributed by atoms with Gasteiger partial charge in [0.2, 0.25) is 0 Å². The van der Waals surface area contributed by atoms with E-state index in [4.69, 9.17) is 0 Å². The van der Waals surface area contributed by atoms with E-state index in [1.807, 2.05) is 13.8 Å². The molecule has 0 fully saturated rings. The molecule has 1 atom stereocenters. The third-order valence-corrected chi connectivity index (χ3v) is 3.48. The van der Waals surface area contributed by atoms with Gasteiger partial charge in [-0.25, -0.2) is 8.78 Å². The second kappa shape index (κ2) is 5.73. The van der Waals surface area contributed by atoms with E-state index in [1.165, 1.54) is 6.07 Å². The number of halogens is 3. The van der Waals surface area contributed by atoms with Crippen LogP contribution in [-0.2, 0) is 0 Å². The van der Waals surface area contributed by atoms with Gasteiger partial charge in [-0.3, -0.25) is 0 Å². The van der Waals surface area contributed by atoms with Gasteiger partial charge >= 0.3 is 0 Å². The lowest BCUT2D eigenvalue weighted by Crippen LogP contribution is -2.14. The Balaban J connectivity index is 3.16. The predicted molar refractivity (Wildman–Crippen MR) is 63.1 cm³/mol. The standard InChI is InChI=1S/C12H15BrF2O/c1-3-7(4-2)12(16)10-9(14)6-5-8(13)11(10)15/h5-7,12,16H,3-4H2,1-2H3. The van der Waals surface area contributed by atoms with Crippen LogP contribution in [0.15, 0.2) is 16.6 Å². The summed E-state index contributed by atoms with van der Waals surface area (Å²) in [6.45, 7) is 3.79. The van der Waals surface area contributed by atoms with Gasteiger partial charge in [0.1, 0.15) is 11.6 Å². The Morgan fingerprint density at radius 3 is 2.31 bits per heavy atom. The summed E-state index contributed by atoms with van der Waals surface area (Å²) in [5.74, 6) is -1.53. The molecule has 0 saturated carbocycles. The molecule has 90 valence electrons. The third kappa shape index (κ3) is 2.61. The fourth-order valence-corrected chi connectivity index (χ4v) is 2.13. The first-order valence-corrected chi connectivity index (χ1v) is 6.13. The molecule has 1 nitrogen and oxygen atoms in total. The number of hydrogen-bond donors (Lipinski definition) is 1. The molecule has 1 rings (SSSR count). The normalized spacial score (nSPS) is 13.2. The molecule has 0 aliphatic carbocycles. The van der Waals surface area contributed by atoms with E-state index in [1.54, 1.807) is 0 Å². The lowest BCUT2D eigenvalue weighted by molar-refractivity contribution is 0.0955. The molecular weight excluding hydrogens is 278 g/mol. The summed E-state index contributed by atoms with van der Waals surface area (Å²) in [5, 5.41) is 9.97. The fourth-order valence-electron chi connectivity index (χ4n) is 1.78. The van der Waals surface area contributed by atoms with Gasteiger partial charge in [-0.1, -0.05) is 26.7 Å². The van der Waals surface area contributed by atoms with Crippen LogP contribution < -0.4 is 0 Å². The highest BCUT2D eigenvalue weighted by molar-refractivity contribution is 9.10. The summed E-state index contributed by atoms with van der Waals surface area (Å²) in [5.41, 5.74) is -0.233. The molecule has 0 heterocycles. The van der Waals surface area contributed by atoms with Crippen LogP contribution in [0.5, 0.6) is 0 Å². The molecule has 0 amide bonds. The van der Waals surface area contributed by atoms with Crippen LogP contribution in [0.25, 0.3) is 0 Å². The van der Waals surface area contributed by atoms with Gasteiger partial charge in [-0.05, 0) is 34.0 Å². The largest absolute Gasteiger partial charge is 0.388 e. The molecular formula is C12H15BrF2O. The van der Waals surface area contributed by atoms with Crippen molar-refractivity contribution in [3.05, 3.63) is 33.8 Å². The van der Waals surface area contributed by atoms with Crippen molar-refractivity contribution in [3.8, 4) is 0 Å². The maximum absolute atomic E-state index is 13.7. The van der Waals surface area contributed by atoms with Gasteiger partial charge in [0.25, 0.3) is 0 Å². The average molecular weight is 293 g/mol. The molecule has 1 aromatic rings. The zero-order valence-electron chi connectivity index (χ0n) is 9.30. The number of aliphatic hydroxyl groups is 1. The van der Waals surface area contributed by atoms with Gasteiger partial charge in [-0.2, -0.15) is 0 Å². The Morgan fingerprint density at radius 1 is 1.25 bits per heavy atom. The van der Waals surface area contributed by atoms with Crippen molar-refractivity contribution in [2.45, 2.75) is 32.8 Å². The Kier molecular flexibility index (Phi) is 4.87. The van der Waals surface area contributed by atoms with E-state index in [0.717, 1.165) is 6.07 Å². The van der Waals surface area contributed by atoms with Crippen LogP contribution in [0.1, 0.15) is 38.4 Å². The topological polar surface area (TPSA) is 20.2 Å². The zero-order chi connectivity index (χ0) is 12.3. The number of aliphatic hydroxyl groups excluding tert-OH is 1. The van der Waals surface area contributed by atoms with Gasteiger partial charge in [0.15, 0.2) is 0 Å². The first-order valence-electron chi connectivity index (χ1n) is 5.34. The fraction of sp³-hybridized carbons (Fsp3) is 0.500. The van der Waals surface area contributed by atoms with Crippen LogP contribution >= 0.6 is 15.9 Å². The Morgan fingerprint density at radius 2 is 1.81 bits per heavy atom. The number of rotatable bonds is 4. The van der Waals surface area contributed by atoms with E-state index >= 15 is 0 Å². The molecule has 0 aromatic heterocycles. The van der Waals surface area contributed by atoms with Crippen LogP contribution in [0, 0.1) is 17.6 Å². The molecule has 0 saturated heterocycles. The Bertz CT molecular complexity index is 364. The molecule has 0 aliphatic heterocycles. The van der Waals surface area contributed by atoms with Crippen LogP contribution in [0.4, 0.5) is 8.78 Å². The van der Waals surface area contributed by atoms with Crippen molar-refractivity contribution in [1.82, 2.24) is 0 Å². The zero-order valence-corrected chi connectivity index (χ0v) is 10.9. The van der Waals surface area contributed by atoms with Gasteiger partial charge in [0.05, 0.1) is 16.1 Å². The molecule has 16 heavy (non-hydrogen) atoms. The molecule has 0 aliphatic rings. The monoisotopic (exact) mass is 292 g/mol. The van der Waals surface area contributed by atoms with Crippen LogP contribution in [-0.4, -0.2) is 5.11 Å².